The third-order valence-electron chi connectivity index (χ3n) is 10.2. The maximum atomic E-state index is 14.8. The van der Waals surface area contributed by atoms with E-state index in [4.69, 9.17) is 9.47 Å². The van der Waals surface area contributed by atoms with Crippen LogP contribution in [0.2, 0.25) is 0 Å². The standard InChI is InChI=1S/C40H45N3O7/c1-3-5-17-33(45)49-26-31(28-14-7-6-8-15-28)41-37(46)34-32-20-21-40(50-32)35(34)38(47)43(23-11-12-24-44)36(40)39(48)42(22-4-2)30-19-18-27-13-9-10-16-29(27)25-30/h3-4,6-10,13-16,18-19,25,31-32,34-36,44H,1-2,5,11-12,17,20-24,26H2,(H,41,46)/t31-,32+,34-,35-,36+,40-/m0/s1. The number of anilines is 1. The number of ether oxygens (including phenoxy) is 2. The number of fused-ring (bicyclic) bond motifs is 2. The molecule has 0 aliphatic carbocycles. The summed E-state index contributed by atoms with van der Waals surface area (Å²) in [7, 11) is 0. The van der Waals surface area contributed by atoms with Crippen molar-refractivity contribution in [3.63, 3.8) is 0 Å². The molecule has 3 saturated heterocycles. The van der Waals surface area contributed by atoms with Crippen LogP contribution < -0.4 is 10.2 Å². The van der Waals surface area contributed by atoms with Crippen LogP contribution in [-0.2, 0) is 28.7 Å². The van der Waals surface area contributed by atoms with E-state index in [0.717, 1.165) is 16.3 Å². The van der Waals surface area contributed by atoms with Crippen molar-refractivity contribution in [2.24, 2.45) is 11.8 Å². The minimum absolute atomic E-state index is 0.0441. The van der Waals surface area contributed by atoms with Crippen molar-refractivity contribution in [3.05, 3.63) is 104 Å². The van der Waals surface area contributed by atoms with Crippen molar-refractivity contribution < 1.29 is 33.8 Å². The Balaban J connectivity index is 1.31. The Morgan fingerprint density at radius 1 is 1.04 bits per heavy atom. The number of nitrogens with zero attached hydrogens (tertiary/aromatic N) is 2. The first-order valence-corrected chi connectivity index (χ1v) is 17.4. The van der Waals surface area contributed by atoms with Gasteiger partial charge >= 0.3 is 5.97 Å². The molecule has 0 radical (unpaired) electrons. The number of benzene rings is 3. The van der Waals surface area contributed by atoms with Crippen LogP contribution in [0.1, 0.15) is 50.1 Å². The predicted octanol–water partition coefficient (Wildman–Crippen LogP) is 4.87. The fraction of sp³-hybridized carbons (Fsp3) is 0.400. The van der Waals surface area contributed by atoms with Gasteiger partial charge in [-0.25, -0.2) is 0 Å². The molecular formula is C40H45N3O7. The average molecular weight is 680 g/mol. The molecule has 10 nitrogen and oxygen atoms in total. The number of amides is 3. The van der Waals surface area contributed by atoms with Crippen LogP contribution in [0, 0.1) is 11.8 Å². The van der Waals surface area contributed by atoms with E-state index in [2.05, 4.69) is 18.5 Å². The molecule has 3 aromatic carbocycles. The molecule has 0 unspecified atom stereocenters. The number of carbonyl (C=O) groups is 4. The van der Waals surface area contributed by atoms with Gasteiger partial charge in [-0.15, -0.1) is 13.2 Å². The van der Waals surface area contributed by atoms with Crippen LogP contribution in [0.3, 0.4) is 0 Å². The number of hydrogen-bond acceptors (Lipinski definition) is 7. The molecule has 2 N–H and O–H groups in total. The third kappa shape index (κ3) is 6.69. The highest BCUT2D eigenvalue weighted by molar-refractivity contribution is 6.05. The number of rotatable bonds is 16. The van der Waals surface area contributed by atoms with Gasteiger partial charge in [0.2, 0.25) is 11.8 Å². The zero-order chi connectivity index (χ0) is 35.3. The summed E-state index contributed by atoms with van der Waals surface area (Å²) in [6.45, 7) is 7.89. The Morgan fingerprint density at radius 3 is 2.54 bits per heavy atom. The number of allylic oxidation sites excluding steroid dienone is 1. The smallest absolute Gasteiger partial charge is 0.306 e. The lowest BCUT2D eigenvalue weighted by Gasteiger charge is -2.37. The number of aliphatic hydroxyl groups excluding tert-OH is 1. The molecule has 10 heteroatoms. The highest BCUT2D eigenvalue weighted by atomic mass is 16.5. The van der Waals surface area contributed by atoms with Gasteiger partial charge in [-0.05, 0) is 60.6 Å². The average Bonchev–Trinajstić information content (AvgIpc) is 3.78. The fourth-order valence-corrected chi connectivity index (χ4v) is 7.95. The molecule has 262 valence electrons. The van der Waals surface area contributed by atoms with Gasteiger partial charge in [-0.2, -0.15) is 0 Å². The van der Waals surface area contributed by atoms with Gasteiger partial charge in [0.15, 0.2) is 0 Å². The molecular weight excluding hydrogens is 634 g/mol. The first-order chi connectivity index (χ1) is 24.3. The van der Waals surface area contributed by atoms with Crippen molar-refractivity contribution in [2.45, 2.75) is 62.3 Å². The van der Waals surface area contributed by atoms with E-state index in [1.807, 2.05) is 72.8 Å². The highest BCUT2D eigenvalue weighted by Gasteiger charge is 2.74. The third-order valence-corrected chi connectivity index (χ3v) is 10.2. The Labute approximate surface area is 292 Å². The van der Waals surface area contributed by atoms with Crippen molar-refractivity contribution in [3.8, 4) is 0 Å². The molecule has 3 aliphatic rings. The molecule has 6 rings (SSSR count). The van der Waals surface area contributed by atoms with E-state index in [1.54, 1.807) is 22.0 Å². The van der Waals surface area contributed by atoms with Gasteiger partial charge < -0.3 is 29.7 Å². The highest BCUT2D eigenvalue weighted by Crippen LogP contribution is 2.58. The normalized spacial score (nSPS) is 24.1. The number of unbranched alkanes of at least 4 members (excludes halogenated alkanes) is 1. The van der Waals surface area contributed by atoms with Crippen LogP contribution in [0.25, 0.3) is 10.8 Å². The Kier molecular flexibility index (Phi) is 10.8. The first kappa shape index (κ1) is 35.0. The van der Waals surface area contributed by atoms with Gasteiger partial charge in [0, 0.05) is 31.8 Å². The topological polar surface area (TPSA) is 125 Å². The number of hydrogen-bond donors (Lipinski definition) is 2. The summed E-state index contributed by atoms with van der Waals surface area (Å²) in [6.07, 6.45) is 5.32. The lowest BCUT2D eigenvalue weighted by molar-refractivity contribution is -0.146. The van der Waals surface area contributed by atoms with Gasteiger partial charge in [0.05, 0.1) is 24.0 Å². The van der Waals surface area contributed by atoms with Crippen molar-refractivity contribution in [1.82, 2.24) is 10.2 Å². The summed E-state index contributed by atoms with van der Waals surface area (Å²) in [5.74, 6) is -3.10. The largest absolute Gasteiger partial charge is 0.463 e. The molecule has 3 amide bonds. The predicted molar refractivity (Wildman–Crippen MR) is 190 cm³/mol. The maximum Gasteiger partial charge on any atom is 0.306 e. The minimum Gasteiger partial charge on any atom is -0.463 e. The fourth-order valence-electron chi connectivity index (χ4n) is 7.95. The second-order valence-electron chi connectivity index (χ2n) is 13.3. The van der Waals surface area contributed by atoms with Crippen LogP contribution in [-0.4, -0.2) is 77.7 Å². The van der Waals surface area contributed by atoms with Crippen molar-refractivity contribution in [2.75, 3.05) is 31.2 Å². The second kappa shape index (κ2) is 15.4. The van der Waals surface area contributed by atoms with Gasteiger partial charge in [0.25, 0.3) is 5.91 Å². The zero-order valence-corrected chi connectivity index (χ0v) is 28.2. The Hall–Kier alpha value is -4.80. The molecule has 2 bridgehead atoms. The van der Waals surface area contributed by atoms with Crippen LogP contribution in [0.4, 0.5) is 5.69 Å². The van der Waals surface area contributed by atoms with Gasteiger partial charge in [-0.1, -0.05) is 72.8 Å². The minimum atomic E-state index is -1.20. The first-order valence-electron chi connectivity index (χ1n) is 17.4. The Bertz CT molecular complexity index is 1740. The maximum absolute atomic E-state index is 14.8. The molecule has 1 spiro atoms. The zero-order valence-electron chi connectivity index (χ0n) is 28.2. The lowest BCUT2D eigenvalue weighted by Crippen LogP contribution is -2.56. The number of esters is 1. The van der Waals surface area contributed by atoms with Crippen LogP contribution in [0.5, 0.6) is 0 Å². The second-order valence-corrected chi connectivity index (χ2v) is 13.3. The van der Waals surface area contributed by atoms with E-state index in [9.17, 15) is 24.3 Å². The summed E-state index contributed by atoms with van der Waals surface area (Å²) in [6, 6.07) is 21.3. The lowest BCUT2D eigenvalue weighted by atomic mass is 9.70. The molecule has 50 heavy (non-hydrogen) atoms. The number of nitrogens with one attached hydrogen (secondary N) is 1. The number of carbonyl (C=O) groups excluding carboxylic acids is 4. The number of likely N-dealkylation sites (tertiary alicyclic amines) is 1. The summed E-state index contributed by atoms with van der Waals surface area (Å²) >= 11 is 0. The van der Waals surface area contributed by atoms with Crippen LogP contribution in [0.15, 0.2) is 98.1 Å². The summed E-state index contributed by atoms with van der Waals surface area (Å²) in [4.78, 5) is 59.2. The van der Waals surface area contributed by atoms with Crippen LogP contribution >= 0.6 is 0 Å². The van der Waals surface area contributed by atoms with Gasteiger partial charge in [-0.3, -0.25) is 19.2 Å². The summed E-state index contributed by atoms with van der Waals surface area (Å²) in [5, 5.41) is 14.6. The van der Waals surface area contributed by atoms with E-state index >= 15 is 0 Å². The molecule has 3 heterocycles. The van der Waals surface area contributed by atoms with E-state index in [0.29, 0.717) is 37.8 Å². The molecule has 3 aliphatic heterocycles. The quantitative estimate of drug-likeness (QED) is 0.126. The SMILES string of the molecule is C=CCCC(=O)OC[C@H](NC(=O)[C@@H]1[C@H]2C(=O)N(CCCCO)[C@H](C(=O)N(CC=C)c3ccc4ccccc4c3)[C@]23CC[C@H]1O3)c1ccccc1. The molecule has 0 saturated carbocycles. The molecule has 0 aromatic heterocycles. The Morgan fingerprint density at radius 2 is 1.80 bits per heavy atom. The van der Waals surface area contributed by atoms with Crippen molar-refractivity contribution >= 4 is 40.2 Å². The van der Waals surface area contributed by atoms with Crippen molar-refractivity contribution in [1.29, 1.82) is 0 Å². The monoisotopic (exact) mass is 679 g/mol. The molecule has 6 atom stereocenters. The number of aliphatic hydroxyl groups is 1. The summed E-state index contributed by atoms with van der Waals surface area (Å²) < 4.78 is 12.2. The van der Waals surface area contributed by atoms with E-state index < -0.39 is 41.6 Å². The van der Waals surface area contributed by atoms with Gasteiger partial charge in [0.1, 0.15) is 18.2 Å². The molecule has 3 aromatic rings. The molecule has 3 fully saturated rings. The van der Waals surface area contributed by atoms with E-state index in [1.165, 1.54) is 0 Å². The summed E-state index contributed by atoms with van der Waals surface area (Å²) in [5.41, 5.74) is 0.227. The van der Waals surface area contributed by atoms with E-state index in [-0.39, 0.29) is 50.4 Å².